The van der Waals surface area contributed by atoms with Gasteiger partial charge < -0.3 is 19.5 Å². The number of likely N-dealkylation sites (N-methyl/N-ethyl adjacent to an activating group) is 1. The van der Waals surface area contributed by atoms with Crippen molar-refractivity contribution in [2.45, 2.75) is 26.5 Å². The Kier molecular flexibility index (Phi) is 7.14. The number of rotatable bonds is 9. The number of carbonyl (C=O) groups is 3. The number of hydrogen-bond acceptors (Lipinski definition) is 5. The first kappa shape index (κ1) is 21.0. The molecule has 1 unspecified atom stereocenters. The number of aliphatic carboxylic acids is 1. The second kappa shape index (κ2) is 9.55. The van der Waals surface area contributed by atoms with Crippen LogP contribution in [0.1, 0.15) is 29.8 Å². The fraction of sp³-hybridized carbons (Fsp3) is 0.286. The molecule has 0 aliphatic carbocycles. The molecule has 0 aromatic heterocycles. The van der Waals surface area contributed by atoms with Gasteiger partial charge in [0.1, 0.15) is 11.5 Å². The fourth-order valence-electron chi connectivity index (χ4n) is 2.54. The van der Waals surface area contributed by atoms with Gasteiger partial charge in [-0.15, -0.1) is 0 Å². The van der Waals surface area contributed by atoms with Gasteiger partial charge in [-0.2, -0.15) is 0 Å². The number of hydrogen-bond donors (Lipinski definition) is 1. The maximum Gasteiger partial charge on any atom is 0.341 e. The van der Waals surface area contributed by atoms with Crippen LogP contribution < -0.4 is 9.47 Å². The number of carboxylic acid groups (broad SMARTS) is 1. The van der Waals surface area contributed by atoms with Crippen LogP contribution in [0.3, 0.4) is 0 Å². The highest BCUT2D eigenvalue weighted by atomic mass is 16.5. The summed E-state index contributed by atoms with van der Waals surface area (Å²) in [5.41, 5.74) is 1.39. The minimum atomic E-state index is -1.04. The third kappa shape index (κ3) is 6.12. The Bertz CT molecular complexity index is 846. The van der Waals surface area contributed by atoms with Crippen LogP contribution in [0.25, 0.3) is 0 Å². The van der Waals surface area contributed by atoms with Gasteiger partial charge in [0.05, 0.1) is 0 Å². The van der Waals surface area contributed by atoms with Gasteiger partial charge in [0, 0.05) is 19.2 Å². The normalized spacial score (nSPS) is 11.4. The zero-order chi connectivity index (χ0) is 20.7. The van der Waals surface area contributed by atoms with Crippen molar-refractivity contribution < 1.29 is 29.0 Å². The molecule has 7 nitrogen and oxygen atoms in total. The number of nitrogens with zero attached hydrogens (tertiary/aromatic N) is 1. The largest absolute Gasteiger partial charge is 0.482 e. The third-order valence-electron chi connectivity index (χ3n) is 3.98. The molecule has 0 aliphatic heterocycles. The van der Waals surface area contributed by atoms with Crippen LogP contribution in [0.4, 0.5) is 0 Å². The lowest BCUT2D eigenvalue weighted by Gasteiger charge is -2.22. The number of amides is 1. The van der Waals surface area contributed by atoms with E-state index in [-0.39, 0.29) is 11.7 Å². The summed E-state index contributed by atoms with van der Waals surface area (Å²) in [6.45, 7) is 3.08. The molecule has 0 radical (unpaired) electrons. The highest BCUT2D eigenvalue weighted by Crippen LogP contribution is 2.17. The van der Waals surface area contributed by atoms with Gasteiger partial charge in [-0.1, -0.05) is 24.3 Å². The lowest BCUT2D eigenvalue weighted by atomic mass is 10.1. The number of carbonyl (C=O) groups excluding carboxylic acids is 2. The van der Waals surface area contributed by atoms with Crippen molar-refractivity contribution in [3.63, 3.8) is 0 Å². The highest BCUT2D eigenvalue weighted by Gasteiger charge is 2.19. The molecule has 148 valence electrons. The van der Waals surface area contributed by atoms with Gasteiger partial charge in [0.25, 0.3) is 5.91 Å². The van der Waals surface area contributed by atoms with Crippen molar-refractivity contribution in [1.29, 1.82) is 0 Å². The summed E-state index contributed by atoms with van der Waals surface area (Å²) >= 11 is 0. The maximum atomic E-state index is 12.6. The van der Waals surface area contributed by atoms with E-state index in [1.54, 1.807) is 62.5 Å². The van der Waals surface area contributed by atoms with Gasteiger partial charge in [0.2, 0.25) is 0 Å². The molecule has 0 spiro atoms. The van der Waals surface area contributed by atoms with Crippen molar-refractivity contribution in [3.05, 3.63) is 59.7 Å². The van der Waals surface area contributed by atoms with Gasteiger partial charge >= 0.3 is 5.97 Å². The Morgan fingerprint density at radius 1 is 1.07 bits per heavy atom. The predicted octanol–water partition coefficient (Wildman–Crippen LogP) is 2.78. The van der Waals surface area contributed by atoms with Crippen molar-refractivity contribution in [2.24, 2.45) is 0 Å². The molecule has 7 heteroatoms. The average molecular weight is 385 g/mol. The summed E-state index contributed by atoms with van der Waals surface area (Å²) in [6.07, 6.45) is -0.717. The molecular weight excluding hydrogens is 362 g/mol. The third-order valence-corrected chi connectivity index (χ3v) is 3.98. The molecule has 0 heterocycles. The Labute approximate surface area is 163 Å². The van der Waals surface area contributed by atoms with E-state index in [1.807, 2.05) is 0 Å². The summed E-state index contributed by atoms with van der Waals surface area (Å²) in [6, 6.07) is 13.6. The van der Waals surface area contributed by atoms with E-state index in [0.717, 1.165) is 5.56 Å². The van der Waals surface area contributed by atoms with Gasteiger partial charge in [-0.05, 0) is 43.7 Å². The molecule has 2 aromatic carbocycles. The number of carboxylic acids is 1. The molecule has 0 saturated heterocycles. The number of Topliss-reactive ketones (excluding diaryl/α,β-unsaturated/α-hetero) is 1. The van der Waals surface area contributed by atoms with Crippen LogP contribution in [0.2, 0.25) is 0 Å². The molecule has 0 aliphatic rings. The Hall–Kier alpha value is -3.35. The molecule has 1 atom stereocenters. The molecule has 0 bridgehead atoms. The first-order valence-corrected chi connectivity index (χ1v) is 8.72. The predicted molar refractivity (Wildman–Crippen MR) is 103 cm³/mol. The first-order chi connectivity index (χ1) is 13.3. The molecule has 0 saturated carbocycles. The summed E-state index contributed by atoms with van der Waals surface area (Å²) in [5, 5.41) is 8.61. The van der Waals surface area contributed by atoms with Crippen LogP contribution in [-0.2, 0) is 16.1 Å². The zero-order valence-corrected chi connectivity index (χ0v) is 16.0. The first-order valence-electron chi connectivity index (χ1n) is 8.72. The van der Waals surface area contributed by atoms with Crippen LogP contribution in [0.5, 0.6) is 11.5 Å². The monoisotopic (exact) mass is 385 g/mol. The number of ketones is 1. The Morgan fingerprint density at radius 2 is 1.75 bits per heavy atom. The fourth-order valence-corrected chi connectivity index (χ4v) is 2.54. The number of ether oxygens (including phenoxy) is 2. The van der Waals surface area contributed by atoms with E-state index in [4.69, 9.17) is 14.6 Å². The van der Waals surface area contributed by atoms with Crippen LogP contribution in [0.15, 0.2) is 48.5 Å². The topological polar surface area (TPSA) is 93.1 Å². The summed E-state index contributed by atoms with van der Waals surface area (Å²) < 4.78 is 10.8. The van der Waals surface area contributed by atoms with E-state index in [9.17, 15) is 14.4 Å². The lowest BCUT2D eigenvalue weighted by Crippen LogP contribution is -2.37. The highest BCUT2D eigenvalue weighted by molar-refractivity contribution is 5.94. The van der Waals surface area contributed by atoms with Crippen LogP contribution >= 0.6 is 0 Å². The molecule has 1 amide bonds. The van der Waals surface area contributed by atoms with Gasteiger partial charge in [-0.3, -0.25) is 9.59 Å². The molecule has 2 aromatic rings. The number of benzene rings is 2. The summed E-state index contributed by atoms with van der Waals surface area (Å²) in [4.78, 5) is 36.1. The smallest absolute Gasteiger partial charge is 0.341 e. The van der Waals surface area contributed by atoms with E-state index < -0.39 is 18.7 Å². The standard InChI is InChI=1S/C21H23NO6/c1-14(23)17-5-4-6-19(11-17)28-15(2)21(26)22(3)12-16-7-9-18(10-8-16)27-13-20(24)25/h4-11,15H,12-13H2,1-3H3,(H,24,25). The van der Waals surface area contributed by atoms with E-state index >= 15 is 0 Å². The molecule has 0 fully saturated rings. The van der Waals surface area contributed by atoms with Gasteiger partial charge in [-0.25, -0.2) is 4.79 Å². The molecule has 28 heavy (non-hydrogen) atoms. The van der Waals surface area contributed by atoms with Crippen molar-refractivity contribution >= 4 is 17.7 Å². The van der Waals surface area contributed by atoms with Crippen LogP contribution in [-0.4, -0.2) is 47.4 Å². The maximum absolute atomic E-state index is 12.6. The van der Waals surface area contributed by atoms with Crippen molar-refractivity contribution in [2.75, 3.05) is 13.7 Å². The van der Waals surface area contributed by atoms with Crippen LogP contribution in [0, 0.1) is 0 Å². The van der Waals surface area contributed by atoms with E-state index in [1.165, 1.54) is 11.8 Å². The molecular formula is C21H23NO6. The second-order valence-corrected chi connectivity index (χ2v) is 6.36. The molecule has 1 N–H and O–H groups in total. The van der Waals surface area contributed by atoms with Crippen molar-refractivity contribution in [3.8, 4) is 11.5 Å². The summed E-state index contributed by atoms with van der Waals surface area (Å²) in [5.74, 6) is -0.418. The summed E-state index contributed by atoms with van der Waals surface area (Å²) in [7, 11) is 1.67. The zero-order valence-electron chi connectivity index (χ0n) is 16.0. The second-order valence-electron chi connectivity index (χ2n) is 6.36. The SMILES string of the molecule is CC(=O)c1cccc(OC(C)C(=O)N(C)Cc2ccc(OCC(=O)O)cc2)c1. The van der Waals surface area contributed by atoms with E-state index in [0.29, 0.717) is 23.6 Å². The molecule has 2 rings (SSSR count). The van der Waals surface area contributed by atoms with E-state index in [2.05, 4.69) is 0 Å². The quantitative estimate of drug-likeness (QED) is 0.667. The minimum Gasteiger partial charge on any atom is -0.482 e. The Balaban J connectivity index is 1.93. The average Bonchev–Trinajstić information content (AvgIpc) is 2.66. The van der Waals surface area contributed by atoms with Crippen molar-refractivity contribution in [1.82, 2.24) is 4.90 Å². The Morgan fingerprint density at radius 3 is 2.36 bits per heavy atom. The lowest BCUT2D eigenvalue weighted by molar-refractivity contribution is -0.139. The van der Waals surface area contributed by atoms with Gasteiger partial charge in [0.15, 0.2) is 18.5 Å². The minimum absolute atomic E-state index is 0.0719.